The van der Waals surface area contributed by atoms with Crippen LogP contribution in [0.2, 0.25) is 0 Å². The molecular formula is C20H19N7O7. The van der Waals surface area contributed by atoms with Gasteiger partial charge < -0.3 is 14.2 Å². The Kier molecular flexibility index (Phi) is 5.56. The molecule has 176 valence electrons. The summed E-state index contributed by atoms with van der Waals surface area (Å²) in [4.78, 5) is 43.6. The van der Waals surface area contributed by atoms with Crippen LogP contribution in [0.1, 0.15) is 42.9 Å². The van der Waals surface area contributed by atoms with Gasteiger partial charge in [0.05, 0.1) is 23.7 Å². The van der Waals surface area contributed by atoms with Crippen molar-refractivity contribution in [3.05, 3.63) is 51.1 Å². The van der Waals surface area contributed by atoms with Crippen LogP contribution in [0.3, 0.4) is 0 Å². The molecule has 3 heterocycles. The van der Waals surface area contributed by atoms with Crippen molar-refractivity contribution in [3.8, 4) is 11.5 Å². The maximum Gasteiger partial charge on any atom is 0.308 e. The van der Waals surface area contributed by atoms with Crippen LogP contribution >= 0.6 is 0 Å². The molecule has 4 rings (SSSR count). The number of nitro benzene ring substituents is 1. The van der Waals surface area contributed by atoms with Gasteiger partial charge in [-0.2, -0.15) is 9.99 Å². The molecule has 1 aliphatic rings. The number of aromatic nitrogens is 4. The quantitative estimate of drug-likeness (QED) is 0.233. The van der Waals surface area contributed by atoms with E-state index in [1.54, 1.807) is 0 Å². The smallest absolute Gasteiger partial charge is 0.308 e. The number of non-ortho nitro benzene ring substituents is 1. The minimum absolute atomic E-state index is 0.0240. The Hall–Kier alpha value is -4.62. The highest BCUT2D eigenvalue weighted by molar-refractivity contribution is 5.93. The second-order valence-electron chi connectivity index (χ2n) is 7.34. The monoisotopic (exact) mass is 469 g/mol. The predicted molar refractivity (Wildman–Crippen MR) is 114 cm³/mol. The molecular weight excluding hydrogens is 450 g/mol. The summed E-state index contributed by atoms with van der Waals surface area (Å²) in [6, 6.07) is 4.03. The van der Waals surface area contributed by atoms with Crippen molar-refractivity contribution >= 4 is 29.2 Å². The van der Waals surface area contributed by atoms with E-state index in [0.29, 0.717) is 5.78 Å². The van der Waals surface area contributed by atoms with Gasteiger partial charge in [0, 0.05) is 31.3 Å². The molecule has 34 heavy (non-hydrogen) atoms. The number of fused-ring (bicyclic) bond motifs is 1. The number of hydrazone groups is 1. The Morgan fingerprint density at radius 3 is 2.53 bits per heavy atom. The maximum atomic E-state index is 12.4. The summed E-state index contributed by atoms with van der Waals surface area (Å²) in [7, 11) is 1.26. The summed E-state index contributed by atoms with van der Waals surface area (Å²) < 4.78 is 17.8. The summed E-state index contributed by atoms with van der Waals surface area (Å²) >= 11 is 0. The lowest BCUT2D eigenvalue weighted by atomic mass is 10.1. The van der Waals surface area contributed by atoms with E-state index < -0.39 is 23.0 Å². The molecule has 1 aromatic carbocycles. The van der Waals surface area contributed by atoms with Gasteiger partial charge in [-0.3, -0.25) is 19.7 Å². The lowest BCUT2D eigenvalue weighted by Gasteiger charge is -2.22. The van der Waals surface area contributed by atoms with Crippen molar-refractivity contribution < 1.29 is 28.7 Å². The number of aryl methyl sites for hydroxylation is 2. The Labute approximate surface area is 191 Å². The fraction of sp³-hybridized carbons (Fsp3) is 0.300. The molecule has 2 aromatic heterocycles. The van der Waals surface area contributed by atoms with Gasteiger partial charge in [-0.05, 0) is 19.9 Å². The summed E-state index contributed by atoms with van der Waals surface area (Å²) in [6.07, 6.45) is -1.32. The normalized spacial score (nSPS) is 15.1. The average molecular weight is 469 g/mol. The van der Waals surface area contributed by atoms with Crippen molar-refractivity contribution in [2.45, 2.75) is 33.9 Å². The zero-order chi connectivity index (χ0) is 24.7. The summed E-state index contributed by atoms with van der Waals surface area (Å²) in [5.74, 6) is -1.28. The first-order valence-electron chi connectivity index (χ1n) is 9.90. The number of nitrogens with zero attached hydrogens (tertiary/aromatic N) is 7. The Balaban J connectivity index is 1.84. The Bertz CT molecular complexity index is 1380. The van der Waals surface area contributed by atoms with E-state index in [1.807, 2.05) is 19.9 Å². The second-order valence-corrected chi connectivity index (χ2v) is 7.34. The Morgan fingerprint density at radius 2 is 1.91 bits per heavy atom. The zero-order valence-electron chi connectivity index (χ0n) is 18.8. The van der Waals surface area contributed by atoms with E-state index in [-0.39, 0.29) is 34.5 Å². The third-order valence-corrected chi connectivity index (χ3v) is 4.79. The van der Waals surface area contributed by atoms with Crippen molar-refractivity contribution in [2.75, 3.05) is 7.11 Å². The van der Waals surface area contributed by atoms with Gasteiger partial charge in [0.25, 0.3) is 17.4 Å². The molecule has 0 saturated heterocycles. The van der Waals surface area contributed by atoms with Crippen LogP contribution in [0, 0.1) is 24.0 Å². The SMILES string of the molecule is COc1cc([N+](=O)[O-])cc(C2OC(c3nc4nc(C)cc(C)n4n3)=NN2C(C)=O)c1OC(C)=O. The highest BCUT2D eigenvalue weighted by Crippen LogP contribution is 2.43. The van der Waals surface area contributed by atoms with Crippen LogP contribution in [0.25, 0.3) is 5.78 Å². The maximum absolute atomic E-state index is 12.4. The number of ether oxygens (including phenoxy) is 3. The van der Waals surface area contributed by atoms with Gasteiger partial charge in [0.1, 0.15) is 0 Å². The molecule has 0 bridgehead atoms. The summed E-state index contributed by atoms with van der Waals surface area (Å²) in [5.41, 5.74) is 1.10. The predicted octanol–water partition coefficient (Wildman–Crippen LogP) is 1.82. The van der Waals surface area contributed by atoms with Gasteiger partial charge in [-0.15, -0.1) is 10.2 Å². The molecule has 0 radical (unpaired) electrons. The van der Waals surface area contributed by atoms with Crippen molar-refractivity contribution in [1.82, 2.24) is 24.6 Å². The molecule has 14 heteroatoms. The number of esters is 1. The topological polar surface area (TPSA) is 164 Å². The molecule has 1 atom stereocenters. The van der Waals surface area contributed by atoms with Crippen molar-refractivity contribution in [1.29, 1.82) is 0 Å². The highest BCUT2D eigenvalue weighted by atomic mass is 16.6. The third-order valence-electron chi connectivity index (χ3n) is 4.79. The molecule has 0 fully saturated rings. The van der Waals surface area contributed by atoms with E-state index in [9.17, 15) is 19.7 Å². The number of benzene rings is 1. The number of rotatable bonds is 5. The van der Waals surface area contributed by atoms with Crippen LogP contribution in [0.15, 0.2) is 23.3 Å². The van der Waals surface area contributed by atoms with E-state index in [1.165, 1.54) is 18.5 Å². The Morgan fingerprint density at radius 1 is 1.18 bits per heavy atom. The molecule has 0 N–H and O–H groups in total. The van der Waals surface area contributed by atoms with E-state index in [0.717, 1.165) is 35.5 Å². The summed E-state index contributed by atoms with van der Waals surface area (Å²) in [6.45, 7) is 6.02. The number of methoxy groups -OCH3 is 1. The fourth-order valence-corrected chi connectivity index (χ4v) is 3.42. The van der Waals surface area contributed by atoms with Gasteiger partial charge in [0.2, 0.25) is 18.0 Å². The van der Waals surface area contributed by atoms with Gasteiger partial charge in [0.15, 0.2) is 11.5 Å². The van der Waals surface area contributed by atoms with Gasteiger partial charge in [-0.1, -0.05) is 0 Å². The van der Waals surface area contributed by atoms with E-state index in [4.69, 9.17) is 14.2 Å². The molecule has 1 aliphatic heterocycles. The van der Waals surface area contributed by atoms with E-state index >= 15 is 0 Å². The molecule has 0 spiro atoms. The number of hydrogen-bond donors (Lipinski definition) is 0. The van der Waals surface area contributed by atoms with Gasteiger partial charge in [-0.25, -0.2) is 9.50 Å². The largest absolute Gasteiger partial charge is 0.493 e. The zero-order valence-corrected chi connectivity index (χ0v) is 18.8. The lowest BCUT2D eigenvalue weighted by Crippen LogP contribution is -2.26. The molecule has 1 amide bonds. The minimum atomic E-state index is -1.32. The summed E-state index contributed by atoms with van der Waals surface area (Å²) in [5, 5.41) is 20.9. The first kappa shape index (κ1) is 22.6. The number of amides is 1. The number of nitro groups is 1. The van der Waals surface area contributed by atoms with Crippen molar-refractivity contribution in [3.63, 3.8) is 0 Å². The minimum Gasteiger partial charge on any atom is -0.493 e. The number of carbonyl (C=O) groups excluding carboxylic acids is 2. The second kappa shape index (κ2) is 8.38. The van der Waals surface area contributed by atoms with Crippen LogP contribution in [-0.4, -0.2) is 54.4 Å². The van der Waals surface area contributed by atoms with Crippen LogP contribution in [0.5, 0.6) is 11.5 Å². The third kappa shape index (κ3) is 3.96. The van der Waals surface area contributed by atoms with Crippen LogP contribution < -0.4 is 9.47 Å². The first-order valence-corrected chi connectivity index (χ1v) is 9.90. The number of carbonyl (C=O) groups is 2. The highest BCUT2D eigenvalue weighted by Gasteiger charge is 2.39. The molecule has 0 aliphatic carbocycles. The average Bonchev–Trinajstić information content (AvgIpc) is 3.38. The lowest BCUT2D eigenvalue weighted by molar-refractivity contribution is -0.385. The number of hydrogen-bond acceptors (Lipinski definition) is 11. The first-order chi connectivity index (χ1) is 16.1. The van der Waals surface area contributed by atoms with Crippen molar-refractivity contribution in [2.24, 2.45) is 5.10 Å². The molecule has 0 saturated carbocycles. The standard InChI is InChI=1S/C20H19N7O7/c1-9-6-10(2)25-20(21-9)22-17(23-25)18-24-26(11(3)28)19(34-18)14-7-13(27(30)31)8-15(32-5)16(14)33-12(4)29/h6-8,19H,1-5H3. The fourth-order valence-electron chi connectivity index (χ4n) is 3.42. The molecule has 3 aromatic rings. The van der Waals surface area contributed by atoms with Crippen LogP contribution in [-0.2, 0) is 14.3 Å². The molecule has 14 nitrogen and oxygen atoms in total. The van der Waals surface area contributed by atoms with Gasteiger partial charge >= 0.3 is 5.97 Å². The van der Waals surface area contributed by atoms with Crippen LogP contribution in [0.4, 0.5) is 5.69 Å². The van der Waals surface area contributed by atoms with E-state index in [2.05, 4.69) is 20.2 Å². The molecule has 1 unspecified atom stereocenters.